The highest BCUT2D eigenvalue weighted by Crippen LogP contribution is 2.21. The van der Waals surface area contributed by atoms with E-state index in [0.717, 1.165) is 17.0 Å². The minimum absolute atomic E-state index is 0.188. The number of sulfonamides is 1. The normalized spacial score (nSPS) is 15.4. The molecule has 11 heteroatoms. The van der Waals surface area contributed by atoms with Crippen LogP contribution in [0.5, 0.6) is 0 Å². The second kappa shape index (κ2) is 9.50. The van der Waals surface area contributed by atoms with E-state index in [0.29, 0.717) is 49.5 Å². The first kappa shape index (κ1) is 23.8. The summed E-state index contributed by atoms with van der Waals surface area (Å²) in [7, 11) is -1.57. The SMILES string of the molecule is Cc1nc2c(C#N)cnn2c(C)c1CCC(=O)Nc1ccc(S(=O)(=O)N2CCN(C)CC2)cc1. The first-order chi connectivity index (χ1) is 16.2. The lowest BCUT2D eigenvalue weighted by Gasteiger charge is -2.31. The van der Waals surface area contributed by atoms with Gasteiger partial charge < -0.3 is 10.2 Å². The van der Waals surface area contributed by atoms with Crippen molar-refractivity contribution < 1.29 is 13.2 Å². The molecule has 0 bridgehead atoms. The number of hydrogen-bond acceptors (Lipinski definition) is 7. The number of amides is 1. The molecule has 4 rings (SSSR count). The summed E-state index contributed by atoms with van der Waals surface area (Å²) in [5.74, 6) is -0.188. The summed E-state index contributed by atoms with van der Waals surface area (Å²) in [4.78, 5) is 19.4. The molecule has 3 heterocycles. The fourth-order valence-corrected chi connectivity index (χ4v) is 5.52. The summed E-state index contributed by atoms with van der Waals surface area (Å²) in [6.45, 7) is 6.08. The van der Waals surface area contributed by atoms with E-state index in [1.165, 1.54) is 22.6 Å². The van der Waals surface area contributed by atoms with Crippen LogP contribution in [0.15, 0.2) is 35.4 Å². The van der Waals surface area contributed by atoms with Crippen molar-refractivity contribution >= 4 is 27.3 Å². The largest absolute Gasteiger partial charge is 0.326 e. The Morgan fingerprint density at radius 1 is 1.15 bits per heavy atom. The van der Waals surface area contributed by atoms with Gasteiger partial charge in [0.1, 0.15) is 11.6 Å². The molecule has 2 aromatic heterocycles. The molecular weight excluding hydrogens is 454 g/mol. The number of nitrogens with zero attached hydrogens (tertiary/aromatic N) is 6. The molecule has 1 amide bonds. The number of carbonyl (C=O) groups excluding carboxylic acids is 1. The van der Waals surface area contributed by atoms with E-state index < -0.39 is 10.0 Å². The maximum atomic E-state index is 12.9. The van der Waals surface area contributed by atoms with Crippen LogP contribution < -0.4 is 5.32 Å². The summed E-state index contributed by atoms with van der Waals surface area (Å²) in [5, 5.41) is 16.2. The average Bonchev–Trinajstić information content (AvgIpc) is 3.22. The van der Waals surface area contributed by atoms with Crippen molar-refractivity contribution in [1.82, 2.24) is 23.8 Å². The fourth-order valence-electron chi connectivity index (χ4n) is 4.10. The van der Waals surface area contributed by atoms with Gasteiger partial charge in [-0.3, -0.25) is 4.79 Å². The van der Waals surface area contributed by atoms with Crippen molar-refractivity contribution in [2.24, 2.45) is 0 Å². The Morgan fingerprint density at radius 2 is 1.82 bits per heavy atom. The lowest BCUT2D eigenvalue weighted by Crippen LogP contribution is -2.46. The van der Waals surface area contributed by atoms with Crippen molar-refractivity contribution in [2.75, 3.05) is 38.5 Å². The molecule has 0 spiro atoms. The van der Waals surface area contributed by atoms with Gasteiger partial charge in [-0.15, -0.1) is 0 Å². The van der Waals surface area contributed by atoms with Crippen molar-refractivity contribution in [2.45, 2.75) is 31.6 Å². The van der Waals surface area contributed by atoms with Gasteiger partial charge in [0.25, 0.3) is 0 Å². The van der Waals surface area contributed by atoms with Crippen LogP contribution in [0.25, 0.3) is 5.65 Å². The zero-order valence-corrected chi connectivity index (χ0v) is 20.3. The van der Waals surface area contributed by atoms with Gasteiger partial charge in [-0.1, -0.05) is 0 Å². The molecule has 0 saturated carbocycles. The third-order valence-electron chi connectivity index (χ3n) is 6.17. The molecule has 1 saturated heterocycles. The van der Waals surface area contributed by atoms with E-state index in [4.69, 9.17) is 0 Å². The van der Waals surface area contributed by atoms with Crippen molar-refractivity contribution in [3.63, 3.8) is 0 Å². The van der Waals surface area contributed by atoms with Gasteiger partial charge >= 0.3 is 0 Å². The quantitative estimate of drug-likeness (QED) is 0.569. The van der Waals surface area contributed by atoms with Crippen LogP contribution in [-0.4, -0.2) is 71.4 Å². The predicted octanol–water partition coefficient (Wildman–Crippen LogP) is 1.73. The Balaban J connectivity index is 1.40. The number of hydrogen-bond donors (Lipinski definition) is 1. The molecule has 34 heavy (non-hydrogen) atoms. The molecule has 0 unspecified atom stereocenters. The molecule has 1 N–H and O–H groups in total. The van der Waals surface area contributed by atoms with Gasteiger partial charge in [0.15, 0.2) is 5.65 Å². The number of benzene rings is 1. The Hall–Kier alpha value is -3.33. The first-order valence-corrected chi connectivity index (χ1v) is 12.5. The highest BCUT2D eigenvalue weighted by Gasteiger charge is 2.27. The van der Waals surface area contributed by atoms with Gasteiger partial charge in [0, 0.05) is 49.7 Å². The minimum Gasteiger partial charge on any atom is -0.326 e. The van der Waals surface area contributed by atoms with E-state index >= 15 is 0 Å². The summed E-state index contributed by atoms with van der Waals surface area (Å²) >= 11 is 0. The summed E-state index contributed by atoms with van der Waals surface area (Å²) < 4.78 is 28.8. The first-order valence-electron chi connectivity index (χ1n) is 11.0. The minimum atomic E-state index is -3.55. The van der Waals surface area contributed by atoms with E-state index in [1.807, 2.05) is 20.9 Å². The molecule has 3 aromatic rings. The zero-order valence-electron chi connectivity index (χ0n) is 19.4. The molecular formula is C23H27N7O3S. The van der Waals surface area contributed by atoms with Gasteiger partial charge in [-0.2, -0.15) is 14.7 Å². The molecule has 0 atom stereocenters. The van der Waals surface area contributed by atoms with E-state index in [-0.39, 0.29) is 17.2 Å². The number of nitriles is 1. The fraction of sp³-hybridized carbons (Fsp3) is 0.391. The molecule has 1 aromatic carbocycles. The topological polar surface area (TPSA) is 124 Å². The second-order valence-electron chi connectivity index (χ2n) is 8.45. The van der Waals surface area contributed by atoms with E-state index in [2.05, 4.69) is 26.4 Å². The van der Waals surface area contributed by atoms with Gasteiger partial charge in [-0.05, 0) is 57.1 Å². The summed E-state index contributed by atoms with van der Waals surface area (Å²) in [6.07, 6.45) is 2.17. The molecule has 10 nitrogen and oxygen atoms in total. The molecule has 1 aliphatic rings. The maximum absolute atomic E-state index is 12.9. The molecule has 178 valence electrons. The zero-order chi connectivity index (χ0) is 24.5. The summed E-state index contributed by atoms with van der Waals surface area (Å²) in [6, 6.07) is 8.36. The van der Waals surface area contributed by atoms with Gasteiger partial charge in [-0.25, -0.2) is 17.9 Å². The van der Waals surface area contributed by atoms with Crippen LogP contribution in [0.3, 0.4) is 0 Å². The smallest absolute Gasteiger partial charge is 0.243 e. The Kier molecular flexibility index (Phi) is 6.65. The second-order valence-corrected chi connectivity index (χ2v) is 10.4. The standard InChI is InChI=1S/C23H27N7O3S/c1-16-21(17(2)30-23(26-16)18(14-24)15-25-30)8-9-22(31)27-19-4-6-20(7-5-19)34(32,33)29-12-10-28(3)11-13-29/h4-7,15H,8-13H2,1-3H3,(H,27,31). The van der Waals surface area contributed by atoms with Crippen LogP contribution in [0.2, 0.25) is 0 Å². The maximum Gasteiger partial charge on any atom is 0.243 e. The Labute approximate surface area is 198 Å². The van der Waals surface area contributed by atoms with Gasteiger partial charge in [0.2, 0.25) is 15.9 Å². The number of rotatable bonds is 6. The Morgan fingerprint density at radius 3 is 2.47 bits per heavy atom. The number of nitrogens with one attached hydrogen (secondary N) is 1. The van der Waals surface area contributed by atoms with E-state index in [1.54, 1.807) is 16.6 Å². The lowest BCUT2D eigenvalue weighted by atomic mass is 10.1. The number of piperazine rings is 1. The monoisotopic (exact) mass is 481 g/mol. The highest BCUT2D eigenvalue weighted by molar-refractivity contribution is 7.89. The Bertz CT molecular complexity index is 1370. The van der Waals surface area contributed by atoms with Crippen LogP contribution in [0.4, 0.5) is 5.69 Å². The van der Waals surface area contributed by atoms with Crippen molar-refractivity contribution in [3.05, 3.63) is 53.0 Å². The van der Waals surface area contributed by atoms with Gasteiger partial charge in [0.05, 0.1) is 11.1 Å². The number of likely N-dealkylation sites (N-methyl/N-ethyl adjacent to an activating group) is 1. The number of fused-ring (bicyclic) bond motifs is 1. The van der Waals surface area contributed by atoms with Crippen molar-refractivity contribution in [3.8, 4) is 6.07 Å². The lowest BCUT2D eigenvalue weighted by molar-refractivity contribution is -0.116. The van der Waals surface area contributed by atoms with Crippen LogP contribution >= 0.6 is 0 Å². The summed E-state index contributed by atoms with van der Waals surface area (Å²) in [5.41, 5.74) is 3.97. The average molecular weight is 482 g/mol. The van der Waals surface area contributed by atoms with Crippen LogP contribution in [0, 0.1) is 25.2 Å². The number of anilines is 1. The third-order valence-corrected chi connectivity index (χ3v) is 8.08. The van der Waals surface area contributed by atoms with Crippen molar-refractivity contribution in [1.29, 1.82) is 5.26 Å². The van der Waals surface area contributed by atoms with Crippen LogP contribution in [0.1, 0.15) is 28.9 Å². The molecule has 1 fully saturated rings. The third kappa shape index (κ3) is 4.65. The van der Waals surface area contributed by atoms with Crippen LogP contribution in [-0.2, 0) is 21.2 Å². The molecule has 1 aliphatic heterocycles. The number of aromatic nitrogens is 3. The molecule has 0 aliphatic carbocycles. The highest BCUT2D eigenvalue weighted by atomic mass is 32.2. The van der Waals surface area contributed by atoms with E-state index in [9.17, 15) is 18.5 Å². The predicted molar refractivity (Wildman–Crippen MR) is 127 cm³/mol. The number of aryl methyl sites for hydroxylation is 2. The number of carbonyl (C=O) groups is 1. The molecule has 0 radical (unpaired) electrons.